The summed E-state index contributed by atoms with van der Waals surface area (Å²) in [5.74, 6) is 1.25. The summed E-state index contributed by atoms with van der Waals surface area (Å²) in [6.07, 6.45) is 0. The van der Waals surface area contributed by atoms with Crippen molar-refractivity contribution >= 4 is 11.7 Å². The van der Waals surface area contributed by atoms with Crippen molar-refractivity contribution in [2.24, 2.45) is 0 Å². The number of fused-ring (bicyclic) bond motifs is 1. The largest absolute Gasteiger partial charge is 0.454 e. The van der Waals surface area contributed by atoms with Crippen molar-refractivity contribution in [3.05, 3.63) is 53.6 Å². The molecule has 3 rings (SSSR count). The van der Waals surface area contributed by atoms with E-state index < -0.39 is 5.60 Å². The third-order valence-electron chi connectivity index (χ3n) is 3.98. The summed E-state index contributed by atoms with van der Waals surface area (Å²) in [7, 11) is 0. The van der Waals surface area contributed by atoms with Crippen LogP contribution in [0, 0.1) is 6.92 Å². The molecule has 1 aliphatic rings. The van der Waals surface area contributed by atoms with Crippen LogP contribution in [0.15, 0.2) is 42.5 Å². The van der Waals surface area contributed by atoms with E-state index in [4.69, 9.17) is 9.47 Å². The maximum absolute atomic E-state index is 12.1. The Kier molecular flexibility index (Phi) is 4.31. The van der Waals surface area contributed by atoms with Gasteiger partial charge in [0, 0.05) is 5.69 Å². The third kappa shape index (κ3) is 3.44. The average molecular weight is 328 g/mol. The van der Waals surface area contributed by atoms with E-state index in [9.17, 15) is 9.90 Å². The minimum atomic E-state index is -1.23. The van der Waals surface area contributed by atoms with Gasteiger partial charge in [0.1, 0.15) is 5.60 Å². The van der Waals surface area contributed by atoms with Crippen molar-refractivity contribution in [3.63, 3.8) is 0 Å². The van der Waals surface area contributed by atoms with Gasteiger partial charge in [-0.1, -0.05) is 24.3 Å². The smallest absolute Gasteiger partial charge is 0.319 e. The maximum atomic E-state index is 12.1. The standard InChI is InChI=1S/C18H20N2O4/c1-12-5-3-4-6-14(12)20-17(21)19-10-18(2,22)13-7-8-15-16(9-13)24-11-23-15/h3-9,22H,10-11H2,1-2H3,(H2,19,20,21). The van der Waals surface area contributed by atoms with Crippen LogP contribution in [0.4, 0.5) is 10.5 Å². The van der Waals surface area contributed by atoms with Crippen LogP contribution in [-0.2, 0) is 5.60 Å². The number of carbonyl (C=O) groups excluding carboxylic acids is 1. The second-order valence-corrected chi connectivity index (χ2v) is 5.96. The van der Waals surface area contributed by atoms with Gasteiger partial charge in [-0.15, -0.1) is 0 Å². The molecular formula is C18H20N2O4. The number of carbonyl (C=O) groups is 1. The van der Waals surface area contributed by atoms with Gasteiger partial charge >= 0.3 is 6.03 Å². The van der Waals surface area contributed by atoms with Gasteiger partial charge in [-0.25, -0.2) is 4.79 Å². The lowest BCUT2D eigenvalue weighted by Crippen LogP contribution is -2.40. The molecule has 0 spiro atoms. The van der Waals surface area contributed by atoms with E-state index in [0.29, 0.717) is 17.1 Å². The first-order valence-electron chi connectivity index (χ1n) is 7.69. The number of aryl methyl sites for hydroxylation is 1. The van der Waals surface area contributed by atoms with Crippen LogP contribution < -0.4 is 20.1 Å². The summed E-state index contributed by atoms with van der Waals surface area (Å²) in [6.45, 7) is 3.79. The molecule has 0 saturated heterocycles. The van der Waals surface area contributed by atoms with E-state index in [1.807, 2.05) is 31.2 Å². The van der Waals surface area contributed by atoms with Crippen LogP contribution in [0.2, 0.25) is 0 Å². The molecular weight excluding hydrogens is 308 g/mol. The van der Waals surface area contributed by atoms with Crippen LogP contribution in [0.1, 0.15) is 18.1 Å². The van der Waals surface area contributed by atoms with Crippen LogP contribution in [-0.4, -0.2) is 24.5 Å². The minimum Gasteiger partial charge on any atom is -0.454 e. The highest BCUT2D eigenvalue weighted by Crippen LogP contribution is 2.35. The second kappa shape index (κ2) is 6.41. The van der Waals surface area contributed by atoms with E-state index >= 15 is 0 Å². The quantitative estimate of drug-likeness (QED) is 0.806. The minimum absolute atomic E-state index is 0.0599. The summed E-state index contributed by atoms with van der Waals surface area (Å²) >= 11 is 0. The van der Waals surface area contributed by atoms with Crippen molar-refractivity contribution < 1.29 is 19.4 Å². The molecule has 2 aromatic carbocycles. The first kappa shape index (κ1) is 16.1. The molecule has 0 radical (unpaired) electrons. The van der Waals surface area contributed by atoms with Crippen molar-refractivity contribution in [2.75, 3.05) is 18.7 Å². The number of ether oxygens (including phenoxy) is 2. The Morgan fingerprint density at radius 1 is 1.21 bits per heavy atom. The number of nitrogens with one attached hydrogen (secondary N) is 2. The topological polar surface area (TPSA) is 79.8 Å². The number of para-hydroxylation sites is 1. The predicted octanol–water partition coefficient (Wildman–Crippen LogP) is 2.75. The fraction of sp³-hybridized carbons (Fsp3) is 0.278. The highest BCUT2D eigenvalue weighted by molar-refractivity contribution is 5.90. The molecule has 1 atom stereocenters. The summed E-state index contributed by atoms with van der Waals surface area (Å²) in [5, 5.41) is 16.1. The number of hydrogen-bond acceptors (Lipinski definition) is 4. The van der Waals surface area contributed by atoms with Crippen molar-refractivity contribution in [2.45, 2.75) is 19.4 Å². The zero-order chi connectivity index (χ0) is 17.2. The molecule has 0 aliphatic carbocycles. The Morgan fingerprint density at radius 3 is 2.75 bits per heavy atom. The Balaban J connectivity index is 1.62. The number of rotatable bonds is 4. The number of aliphatic hydroxyl groups is 1. The van der Waals surface area contributed by atoms with E-state index in [1.54, 1.807) is 25.1 Å². The Morgan fingerprint density at radius 2 is 1.96 bits per heavy atom. The third-order valence-corrected chi connectivity index (χ3v) is 3.98. The molecule has 0 bridgehead atoms. The number of urea groups is 1. The van der Waals surface area contributed by atoms with Gasteiger partial charge in [0.2, 0.25) is 6.79 Å². The van der Waals surface area contributed by atoms with Crippen molar-refractivity contribution in [1.29, 1.82) is 0 Å². The van der Waals surface area contributed by atoms with Gasteiger partial charge < -0.3 is 25.2 Å². The van der Waals surface area contributed by atoms with Gasteiger partial charge in [0.05, 0.1) is 6.54 Å². The number of anilines is 1. The van der Waals surface area contributed by atoms with Gasteiger partial charge in [0.25, 0.3) is 0 Å². The zero-order valence-corrected chi connectivity index (χ0v) is 13.6. The molecule has 126 valence electrons. The van der Waals surface area contributed by atoms with E-state index in [2.05, 4.69) is 10.6 Å². The fourth-order valence-electron chi connectivity index (χ4n) is 2.47. The van der Waals surface area contributed by atoms with E-state index in [-0.39, 0.29) is 19.4 Å². The molecule has 2 amide bonds. The number of amides is 2. The van der Waals surface area contributed by atoms with Crippen LogP contribution in [0.5, 0.6) is 11.5 Å². The molecule has 0 aromatic heterocycles. The van der Waals surface area contributed by atoms with Crippen LogP contribution in [0.3, 0.4) is 0 Å². The van der Waals surface area contributed by atoms with Gasteiger partial charge in [-0.05, 0) is 43.2 Å². The van der Waals surface area contributed by atoms with E-state index in [0.717, 1.165) is 11.3 Å². The predicted molar refractivity (Wildman–Crippen MR) is 90.3 cm³/mol. The van der Waals surface area contributed by atoms with Crippen LogP contribution in [0.25, 0.3) is 0 Å². The Labute approximate surface area is 140 Å². The molecule has 6 heteroatoms. The molecule has 24 heavy (non-hydrogen) atoms. The Hall–Kier alpha value is -2.73. The highest BCUT2D eigenvalue weighted by Gasteiger charge is 2.26. The lowest BCUT2D eigenvalue weighted by atomic mass is 9.95. The lowest BCUT2D eigenvalue weighted by Gasteiger charge is -2.24. The molecule has 0 saturated carbocycles. The van der Waals surface area contributed by atoms with Gasteiger partial charge in [0.15, 0.2) is 11.5 Å². The van der Waals surface area contributed by atoms with Crippen molar-refractivity contribution in [3.8, 4) is 11.5 Å². The van der Waals surface area contributed by atoms with Crippen molar-refractivity contribution in [1.82, 2.24) is 5.32 Å². The molecule has 6 nitrogen and oxygen atoms in total. The Bertz CT molecular complexity index is 758. The molecule has 1 aliphatic heterocycles. The lowest BCUT2D eigenvalue weighted by molar-refractivity contribution is 0.0597. The highest BCUT2D eigenvalue weighted by atomic mass is 16.7. The molecule has 0 fully saturated rings. The summed E-state index contributed by atoms with van der Waals surface area (Å²) < 4.78 is 10.6. The average Bonchev–Trinajstić information content (AvgIpc) is 3.03. The summed E-state index contributed by atoms with van der Waals surface area (Å²) in [6, 6.07) is 12.4. The normalized spacial score (nSPS) is 14.8. The monoisotopic (exact) mass is 328 g/mol. The zero-order valence-electron chi connectivity index (χ0n) is 13.6. The second-order valence-electron chi connectivity index (χ2n) is 5.96. The molecule has 2 aromatic rings. The van der Waals surface area contributed by atoms with Gasteiger partial charge in [-0.3, -0.25) is 0 Å². The van der Waals surface area contributed by atoms with Crippen LogP contribution >= 0.6 is 0 Å². The first-order valence-corrected chi connectivity index (χ1v) is 7.69. The fourth-order valence-corrected chi connectivity index (χ4v) is 2.47. The molecule has 1 unspecified atom stereocenters. The van der Waals surface area contributed by atoms with Gasteiger partial charge in [-0.2, -0.15) is 0 Å². The molecule has 3 N–H and O–H groups in total. The first-order chi connectivity index (χ1) is 11.5. The maximum Gasteiger partial charge on any atom is 0.319 e. The SMILES string of the molecule is Cc1ccccc1NC(=O)NCC(C)(O)c1ccc2c(c1)OCO2. The number of benzene rings is 2. The number of hydrogen-bond donors (Lipinski definition) is 3. The summed E-state index contributed by atoms with van der Waals surface area (Å²) in [4.78, 5) is 12.1. The summed E-state index contributed by atoms with van der Waals surface area (Å²) in [5.41, 5.74) is 1.11. The van der Waals surface area contributed by atoms with E-state index in [1.165, 1.54) is 0 Å². The molecule has 1 heterocycles.